The highest BCUT2D eigenvalue weighted by molar-refractivity contribution is 6.48. The maximum Gasteiger partial charge on any atom is 0.171 e. The van der Waals surface area contributed by atoms with Crippen LogP contribution in [0.25, 0.3) is 0 Å². The van der Waals surface area contributed by atoms with Crippen LogP contribution in [0.2, 0.25) is 13.1 Å². The normalized spacial score (nSPS) is 17.5. The Morgan fingerprint density at radius 2 is 1.77 bits per heavy atom. The molecule has 0 saturated heterocycles. The minimum absolute atomic E-state index is 0.159. The van der Waals surface area contributed by atoms with Crippen molar-refractivity contribution in [3.8, 4) is 0 Å². The van der Waals surface area contributed by atoms with Crippen molar-refractivity contribution in [2.75, 3.05) is 0 Å². The smallest absolute Gasteiger partial charge is 0.171 e. The second-order valence-corrected chi connectivity index (χ2v) is 7.41. The molecule has 2 atom stereocenters. The van der Waals surface area contributed by atoms with Crippen LogP contribution in [0.3, 0.4) is 0 Å². The first-order chi connectivity index (χ1) is 5.79. The van der Waals surface area contributed by atoms with Crippen molar-refractivity contribution in [1.29, 1.82) is 0 Å². The lowest BCUT2D eigenvalue weighted by molar-refractivity contribution is 0.0615. The topological polar surface area (TPSA) is 35.2 Å². The molecule has 0 aliphatic carbocycles. The van der Waals surface area contributed by atoms with E-state index in [9.17, 15) is 0 Å². The predicted molar refractivity (Wildman–Crippen MR) is 61.5 cm³/mol. The van der Waals surface area contributed by atoms with Crippen LogP contribution in [0, 0.1) is 5.41 Å². The number of rotatable bonds is 4. The van der Waals surface area contributed by atoms with E-state index in [-0.39, 0.29) is 17.6 Å². The van der Waals surface area contributed by atoms with Gasteiger partial charge in [0.1, 0.15) is 0 Å². The highest BCUT2D eigenvalue weighted by Gasteiger charge is 2.30. The Hall–Kier alpha value is 0.137. The van der Waals surface area contributed by atoms with Crippen LogP contribution in [-0.2, 0) is 4.43 Å². The summed E-state index contributed by atoms with van der Waals surface area (Å²) < 4.78 is 5.98. The third kappa shape index (κ3) is 4.79. The maximum atomic E-state index is 6.05. The summed E-state index contributed by atoms with van der Waals surface area (Å²) >= 11 is 0. The van der Waals surface area contributed by atoms with Gasteiger partial charge in [-0.25, -0.2) is 0 Å². The van der Waals surface area contributed by atoms with Crippen LogP contribution >= 0.6 is 0 Å². The molecule has 0 spiro atoms. The van der Waals surface area contributed by atoms with Gasteiger partial charge in [0, 0.05) is 6.04 Å². The van der Waals surface area contributed by atoms with E-state index in [0.29, 0.717) is 0 Å². The van der Waals surface area contributed by atoms with Crippen LogP contribution < -0.4 is 5.73 Å². The second kappa shape index (κ2) is 5.13. The Kier molecular flexibility index (Phi) is 5.18. The molecule has 80 valence electrons. The van der Waals surface area contributed by atoms with Gasteiger partial charge in [-0.2, -0.15) is 0 Å². The fourth-order valence-corrected chi connectivity index (χ4v) is 2.65. The van der Waals surface area contributed by atoms with Gasteiger partial charge in [0.05, 0.1) is 6.10 Å². The van der Waals surface area contributed by atoms with Crippen LogP contribution in [0.1, 0.15) is 34.1 Å². The first-order valence-corrected chi connectivity index (χ1v) is 7.98. The fraction of sp³-hybridized carbons (Fsp3) is 1.00. The summed E-state index contributed by atoms with van der Waals surface area (Å²) in [5, 5.41) is 0. The van der Waals surface area contributed by atoms with E-state index in [1.165, 1.54) is 0 Å². The quantitative estimate of drug-likeness (QED) is 0.711. The van der Waals surface area contributed by atoms with Gasteiger partial charge < -0.3 is 10.2 Å². The lowest BCUT2D eigenvalue weighted by Gasteiger charge is -2.36. The van der Waals surface area contributed by atoms with Crippen molar-refractivity contribution in [1.82, 2.24) is 0 Å². The van der Waals surface area contributed by atoms with Crippen LogP contribution in [0.15, 0.2) is 0 Å². The molecule has 13 heavy (non-hydrogen) atoms. The number of nitrogens with two attached hydrogens (primary N) is 1. The van der Waals surface area contributed by atoms with Crippen molar-refractivity contribution in [3.05, 3.63) is 0 Å². The third-order valence-corrected chi connectivity index (χ3v) is 2.97. The molecular weight excluding hydrogens is 178 g/mol. The number of hydrogen-bond acceptors (Lipinski definition) is 2. The molecule has 0 aromatic rings. The SMILES string of the molecule is CCC(N)C(O[SiH](C)C)C(C)(C)C. The minimum atomic E-state index is -0.978. The van der Waals surface area contributed by atoms with Crippen molar-refractivity contribution in [2.24, 2.45) is 11.1 Å². The fourth-order valence-electron chi connectivity index (χ4n) is 1.45. The summed E-state index contributed by atoms with van der Waals surface area (Å²) in [6.07, 6.45) is 1.20. The van der Waals surface area contributed by atoms with Crippen molar-refractivity contribution in [2.45, 2.75) is 59.4 Å². The lowest BCUT2D eigenvalue weighted by Crippen LogP contribution is -2.46. The Bertz CT molecular complexity index is 142. The molecule has 2 N–H and O–H groups in total. The van der Waals surface area contributed by atoms with Gasteiger partial charge in [0.2, 0.25) is 0 Å². The zero-order chi connectivity index (χ0) is 10.6. The highest BCUT2D eigenvalue weighted by atomic mass is 28.3. The van der Waals surface area contributed by atoms with Gasteiger partial charge in [-0.3, -0.25) is 0 Å². The zero-order valence-electron chi connectivity index (χ0n) is 9.92. The summed E-state index contributed by atoms with van der Waals surface area (Å²) in [5.74, 6) is 0. The second-order valence-electron chi connectivity index (χ2n) is 5.04. The van der Waals surface area contributed by atoms with Gasteiger partial charge in [-0.05, 0) is 24.9 Å². The Labute approximate surface area is 84.6 Å². The average molecular weight is 203 g/mol. The molecule has 0 saturated carbocycles. The molecule has 0 aromatic heterocycles. The van der Waals surface area contributed by atoms with E-state index >= 15 is 0 Å². The summed E-state index contributed by atoms with van der Waals surface area (Å²) in [6.45, 7) is 13.1. The Balaban J connectivity index is 4.37. The van der Waals surface area contributed by atoms with Crippen molar-refractivity contribution >= 4 is 9.04 Å². The zero-order valence-corrected chi connectivity index (χ0v) is 11.1. The van der Waals surface area contributed by atoms with Crippen LogP contribution in [-0.4, -0.2) is 21.2 Å². The monoisotopic (exact) mass is 203 g/mol. The molecule has 2 unspecified atom stereocenters. The molecule has 0 radical (unpaired) electrons. The van der Waals surface area contributed by atoms with Crippen molar-refractivity contribution < 1.29 is 4.43 Å². The molecule has 0 aromatic carbocycles. The van der Waals surface area contributed by atoms with E-state index in [0.717, 1.165) is 6.42 Å². The van der Waals surface area contributed by atoms with Crippen LogP contribution in [0.4, 0.5) is 0 Å². The Morgan fingerprint density at radius 1 is 1.31 bits per heavy atom. The van der Waals surface area contributed by atoms with Gasteiger partial charge >= 0.3 is 0 Å². The maximum absolute atomic E-state index is 6.05. The molecule has 0 aliphatic heterocycles. The van der Waals surface area contributed by atoms with Gasteiger partial charge in [0.25, 0.3) is 0 Å². The third-order valence-electron chi connectivity index (χ3n) is 2.13. The van der Waals surface area contributed by atoms with Gasteiger partial charge in [-0.1, -0.05) is 27.7 Å². The average Bonchev–Trinajstić information content (AvgIpc) is 1.96. The highest BCUT2D eigenvalue weighted by Crippen LogP contribution is 2.25. The van der Waals surface area contributed by atoms with E-state index in [2.05, 4.69) is 40.8 Å². The van der Waals surface area contributed by atoms with E-state index in [1.54, 1.807) is 0 Å². The molecule has 3 heteroatoms. The minimum Gasteiger partial charge on any atom is -0.416 e. The number of hydrogen-bond donors (Lipinski definition) is 1. The summed E-state index contributed by atoms with van der Waals surface area (Å²) in [7, 11) is -0.978. The molecular formula is C10H25NOSi. The van der Waals surface area contributed by atoms with E-state index in [4.69, 9.17) is 10.2 Å². The summed E-state index contributed by atoms with van der Waals surface area (Å²) in [4.78, 5) is 0. The standard InChI is InChI=1S/C10H25NOSi/c1-7-8(11)9(10(2,3)4)12-13(5)6/h8-9,13H,7,11H2,1-6H3. The predicted octanol–water partition coefficient (Wildman–Crippen LogP) is 2.14. The first kappa shape index (κ1) is 13.1. The summed E-state index contributed by atoms with van der Waals surface area (Å²) in [6, 6.07) is 0.176. The molecule has 0 bridgehead atoms. The Morgan fingerprint density at radius 3 is 2.00 bits per heavy atom. The first-order valence-electron chi connectivity index (χ1n) is 5.20. The summed E-state index contributed by atoms with van der Waals surface area (Å²) in [5.41, 5.74) is 6.21. The van der Waals surface area contributed by atoms with Gasteiger partial charge in [0.15, 0.2) is 9.04 Å². The van der Waals surface area contributed by atoms with E-state index in [1.807, 2.05) is 0 Å². The van der Waals surface area contributed by atoms with Crippen molar-refractivity contribution in [3.63, 3.8) is 0 Å². The molecule has 0 rings (SSSR count). The molecule has 2 nitrogen and oxygen atoms in total. The largest absolute Gasteiger partial charge is 0.416 e. The molecule has 0 amide bonds. The lowest BCUT2D eigenvalue weighted by atomic mass is 9.84. The van der Waals surface area contributed by atoms with E-state index < -0.39 is 9.04 Å². The molecule has 0 fully saturated rings. The molecule has 0 aliphatic rings. The molecule has 0 heterocycles. The van der Waals surface area contributed by atoms with Gasteiger partial charge in [-0.15, -0.1) is 0 Å². The van der Waals surface area contributed by atoms with Crippen LogP contribution in [0.5, 0.6) is 0 Å².